The van der Waals surface area contributed by atoms with Gasteiger partial charge in [-0.1, -0.05) is 206 Å². The maximum absolute atomic E-state index is 7.39. The van der Waals surface area contributed by atoms with E-state index in [1.54, 1.807) is 0 Å². The molecular weight excluding hydrogens is 983 g/mol. The predicted molar refractivity (Wildman–Crippen MR) is 319 cm³/mol. The van der Waals surface area contributed by atoms with Gasteiger partial charge in [-0.25, -0.2) is 8.68 Å². The Morgan fingerprint density at radius 1 is 0.260 bits per heavy atom. The van der Waals surface area contributed by atoms with Crippen molar-refractivity contribution in [3.8, 4) is 11.1 Å². The van der Waals surface area contributed by atoms with Crippen molar-refractivity contribution >= 4 is 125 Å². The van der Waals surface area contributed by atoms with Crippen LogP contribution < -0.4 is 0 Å². The largest absolute Gasteiger partial charge is 0.403 e. The van der Waals surface area contributed by atoms with E-state index < -0.39 is 21.7 Å². The quantitative estimate of drug-likeness (QED) is 0.176. The van der Waals surface area contributed by atoms with Gasteiger partial charge < -0.3 is 16.8 Å². The zero-order valence-electron chi connectivity index (χ0n) is 41.2. The van der Waals surface area contributed by atoms with Crippen molar-refractivity contribution in [2.45, 2.75) is 5.41 Å². The predicted octanol–water partition coefficient (Wildman–Crippen LogP) is 20.4. The minimum atomic E-state index is -1.84. The average molecular weight is 1030 g/mol. The van der Waals surface area contributed by atoms with Gasteiger partial charge in [0.05, 0.1) is 16.4 Å². The summed E-state index contributed by atoms with van der Waals surface area (Å²) in [6, 6.07) is 86.9. The zero-order chi connectivity index (χ0) is 50.3. The fourth-order valence-corrected chi connectivity index (χ4v) is 15.9. The molecule has 0 bridgehead atoms. The summed E-state index contributed by atoms with van der Waals surface area (Å²) < 4.78 is 34.1. The summed E-state index contributed by atoms with van der Waals surface area (Å²) in [5.41, 5.74) is 11.3. The molecule has 1 aliphatic carbocycles. The van der Waals surface area contributed by atoms with Crippen molar-refractivity contribution in [3.05, 3.63) is 277 Å². The lowest BCUT2D eigenvalue weighted by molar-refractivity contribution is 0.630. The van der Waals surface area contributed by atoms with Crippen LogP contribution in [0, 0.1) is 0 Å². The molecule has 17 rings (SSSR count). The smallest absolute Gasteiger partial charge is 0.346 e. The standard InChI is InChI=1S/C69H42N2O4P2/c1-5-21-47-43(17-1)33-37-61-65(47)66-48-22-6-2-18-44(48)34-38-62(66)73-76(72-61)70-41-57(53-27-11-15-31-59(53)70)69(55-29-13-9-25-51(55)52-26-10-14-30-56(52)69)58-42-71(60-32-16-12-28-54(58)60)77-74-63-39-35-45-19-3-7-23-49(45)67(63)68-50-24-8-4-20-46(50)36-40-64(68)75-77/h1-42H. The van der Waals surface area contributed by atoms with Crippen molar-refractivity contribution in [3.63, 3.8) is 0 Å². The van der Waals surface area contributed by atoms with Gasteiger partial charge in [0.25, 0.3) is 0 Å². The molecule has 6 nitrogen and oxygen atoms in total. The van der Waals surface area contributed by atoms with Crippen LogP contribution in [0.25, 0.3) is 120 Å². The highest BCUT2D eigenvalue weighted by molar-refractivity contribution is 7.36. The van der Waals surface area contributed by atoms with Crippen LogP contribution >= 0.6 is 16.3 Å². The van der Waals surface area contributed by atoms with Crippen LogP contribution in [0.1, 0.15) is 22.3 Å². The molecule has 362 valence electrons. The molecule has 4 aromatic heterocycles. The van der Waals surface area contributed by atoms with Gasteiger partial charge in [-0.15, -0.1) is 0 Å². The maximum atomic E-state index is 7.39. The van der Waals surface area contributed by atoms with Gasteiger partial charge in [0.1, 0.15) is 22.3 Å². The molecule has 0 N–H and O–H groups in total. The lowest BCUT2D eigenvalue weighted by atomic mass is 9.67. The summed E-state index contributed by atoms with van der Waals surface area (Å²) in [4.78, 5) is 0. The highest BCUT2D eigenvalue weighted by Crippen LogP contribution is 2.60. The number of nitrogens with zero attached hydrogens (tertiary/aromatic N) is 2. The molecule has 0 radical (unpaired) electrons. The van der Waals surface area contributed by atoms with Gasteiger partial charge in [-0.3, -0.25) is 0 Å². The molecule has 1 aliphatic rings. The normalized spacial score (nSPS) is 13.0. The summed E-state index contributed by atoms with van der Waals surface area (Å²) in [6.07, 6.45) is 4.67. The van der Waals surface area contributed by atoms with Crippen LogP contribution in [-0.2, 0) is 5.41 Å². The molecule has 0 spiro atoms. The Hall–Kier alpha value is -9.44. The van der Waals surface area contributed by atoms with Crippen molar-refractivity contribution in [2.24, 2.45) is 0 Å². The van der Waals surface area contributed by atoms with Crippen LogP contribution in [-0.4, -0.2) is 8.68 Å². The second-order valence-corrected chi connectivity index (χ2v) is 22.7. The van der Waals surface area contributed by atoms with Gasteiger partial charge >= 0.3 is 16.3 Å². The third-order valence-electron chi connectivity index (χ3n) is 16.3. The molecule has 0 saturated heterocycles. The topological polar surface area (TPSA) is 62.4 Å². The number of para-hydroxylation sites is 2. The van der Waals surface area contributed by atoms with Crippen molar-refractivity contribution < 1.29 is 16.8 Å². The molecule has 4 heterocycles. The van der Waals surface area contributed by atoms with E-state index in [1.165, 1.54) is 22.3 Å². The van der Waals surface area contributed by atoms with Crippen molar-refractivity contribution in [2.75, 3.05) is 0 Å². The SMILES string of the molecule is c1ccc2c(c1)-c1ccccc1C2(c1cn(-p2oc3ccc4ccccc4c3c3c(ccc4ccccc43)o2)c2ccccc12)c1cn(-p2oc3ccc4ccccc4c3c3c(ccc4ccccc43)o2)c2ccccc12. The lowest BCUT2D eigenvalue weighted by Gasteiger charge is -2.32. The minimum absolute atomic E-state index is 0.786. The number of benzene rings is 12. The number of hydrogen-bond donors (Lipinski definition) is 0. The van der Waals surface area contributed by atoms with Gasteiger partial charge in [0, 0.05) is 44.7 Å². The van der Waals surface area contributed by atoms with E-state index >= 15 is 0 Å². The second-order valence-electron chi connectivity index (χ2n) is 20.1. The highest BCUT2D eigenvalue weighted by Gasteiger charge is 2.49. The number of rotatable bonds is 4. The molecule has 16 aromatic rings. The fourth-order valence-electron chi connectivity index (χ4n) is 13.0. The van der Waals surface area contributed by atoms with E-state index in [1.807, 2.05) is 0 Å². The second kappa shape index (κ2) is 16.3. The Morgan fingerprint density at radius 2 is 0.545 bits per heavy atom. The van der Waals surface area contributed by atoms with E-state index in [0.29, 0.717) is 0 Å². The van der Waals surface area contributed by atoms with E-state index in [9.17, 15) is 0 Å². The highest BCUT2D eigenvalue weighted by atomic mass is 31.1. The van der Waals surface area contributed by atoms with Gasteiger partial charge in [0.2, 0.25) is 0 Å². The molecule has 0 aliphatic heterocycles. The average Bonchev–Trinajstić information content (AvgIpc) is 4.24. The first-order valence-corrected chi connectivity index (χ1v) is 28.3. The van der Waals surface area contributed by atoms with Crippen molar-refractivity contribution in [1.29, 1.82) is 0 Å². The van der Waals surface area contributed by atoms with E-state index in [0.717, 1.165) is 120 Å². The molecule has 0 saturated carbocycles. The van der Waals surface area contributed by atoms with E-state index in [2.05, 4.69) is 264 Å². The first-order chi connectivity index (χ1) is 38.2. The van der Waals surface area contributed by atoms with Crippen LogP contribution in [0.4, 0.5) is 0 Å². The number of aromatic nitrogens is 2. The number of fused-ring (bicyclic) bond motifs is 19. The lowest BCUT2D eigenvalue weighted by Crippen LogP contribution is -2.28. The Morgan fingerprint density at radius 3 is 0.896 bits per heavy atom. The van der Waals surface area contributed by atoms with Crippen LogP contribution in [0.3, 0.4) is 0 Å². The molecule has 77 heavy (non-hydrogen) atoms. The van der Waals surface area contributed by atoms with Crippen LogP contribution in [0.5, 0.6) is 0 Å². The van der Waals surface area contributed by atoms with Crippen molar-refractivity contribution in [1.82, 2.24) is 8.68 Å². The molecule has 0 atom stereocenters. The molecule has 0 fully saturated rings. The molecule has 8 heteroatoms. The Balaban J connectivity index is 0.995. The number of hydrogen-bond acceptors (Lipinski definition) is 4. The zero-order valence-corrected chi connectivity index (χ0v) is 43.0. The van der Waals surface area contributed by atoms with Gasteiger partial charge in [-0.2, -0.15) is 0 Å². The third-order valence-corrected chi connectivity index (χ3v) is 19.0. The van der Waals surface area contributed by atoms with E-state index in [-0.39, 0.29) is 0 Å². The van der Waals surface area contributed by atoms with E-state index in [4.69, 9.17) is 16.8 Å². The maximum Gasteiger partial charge on any atom is 0.346 e. The van der Waals surface area contributed by atoms with Crippen LogP contribution in [0.15, 0.2) is 272 Å². The molecule has 0 unspecified atom stereocenters. The van der Waals surface area contributed by atoms with Gasteiger partial charge in [-0.05, 0) is 113 Å². The summed E-state index contributed by atoms with van der Waals surface area (Å²) in [6.45, 7) is 0. The third kappa shape index (κ3) is 6.03. The summed E-state index contributed by atoms with van der Waals surface area (Å²) in [5, 5.41) is 15.4. The summed E-state index contributed by atoms with van der Waals surface area (Å²) in [7, 11) is -3.68. The summed E-state index contributed by atoms with van der Waals surface area (Å²) in [5.74, 6) is 0. The minimum Gasteiger partial charge on any atom is -0.403 e. The first kappa shape index (κ1) is 42.9. The Bertz CT molecular complexity index is 4750. The fraction of sp³-hybridized carbons (Fsp3) is 0.0145. The summed E-state index contributed by atoms with van der Waals surface area (Å²) >= 11 is 0. The molecule has 12 aromatic carbocycles. The Labute approximate surface area is 442 Å². The molecule has 0 amide bonds. The van der Waals surface area contributed by atoms with Gasteiger partial charge in [0.15, 0.2) is 0 Å². The Kier molecular flexibility index (Phi) is 9.06. The monoisotopic (exact) mass is 1020 g/mol. The first-order valence-electron chi connectivity index (χ1n) is 26.0. The molecular formula is C69H42N2O4P2. The van der Waals surface area contributed by atoms with Crippen LogP contribution in [0.2, 0.25) is 0 Å².